The molecule has 2 aliphatic heterocycles. The summed E-state index contributed by atoms with van der Waals surface area (Å²) >= 11 is 0. The van der Waals surface area contributed by atoms with E-state index in [4.69, 9.17) is 4.98 Å². The van der Waals surface area contributed by atoms with Crippen molar-refractivity contribution < 1.29 is 0 Å². The van der Waals surface area contributed by atoms with Crippen LogP contribution in [0.25, 0.3) is 0 Å². The summed E-state index contributed by atoms with van der Waals surface area (Å²) in [6.07, 6.45) is 5.82. The lowest BCUT2D eigenvalue weighted by Crippen LogP contribution is -2.53. The van der Waals surface area contributed by atoms with Crippen LogP contribution in [0.2, 0.25) is 0 Å². The number of hydrogen-bond acceptors (Lipinski definition) is 5. The van der Waals surface area contributed by atoms with E-state index in [1.54, 1.807) is 0 Å². The molecule has 0 amide bonds. The third-order valence-electron chi connectivity index (χ3n) is 7.49. The smallest absolute Gasteiger partial charge is 0.131 e. The maximum absolute atomic E-state index is 4.88. The van der Waals surface area contributed by atoms with Crippen LogP contribution < -0.4 is 10.2 Å². The predicted molar refractivity (Wildman–Crippen MR) is 139 cm³/mol. The Balaban J connectivity index is 1.24. The molecule has 0 bridgehead atoms. The first-order chi connectivity index (χ1) is 16.0. The summed E-state index contributed by atoms with van der Waals surface area (Å²) in [6, 6.07) is 12.5. The van der Waals surface area contributed by atoms with Crippen LogP contribution in [-0.2, 0) is 6.54 Å². The van der Waals surface area contributed by atoms with Gasteiger partial charge in [0.1, 0.15) is 5.82 Å². The number of piperazine rings is 1. The average Bonchev–Trinajstić information content (AvgIpc) is 2.84. The van der Waals surface area contributed by atoms with Gasteiger partial charge in [0, 0.05) is 51.0 Å². The third-order valence-corrected chi connectivity index (χ3v) is 7.49. The van der Waals surface area contributed by atoms with E-state index in [-0.39, 0.29) is 0 Å². The molecule has 3 heterocycles. The molecule has 1 unspecified atom stereocenters. The molecule has 0 saturated carbocycles. The molecule has 5 heteroatoms. The Hall–Kier alpha value is -1.95. The van der Waals surface area contributed by atoms with Crippen molar-refractivity contribution in [2.45, 2.75) is 65.6 Å². The van der Waals surface area contributed by atoms with Crippen molar-refractivity contribution in [2.24, 2.45) is 0 Å². The summed E-state index contributed by atoms with van der Waals surface area (Å²) in [7, 11) is 0. The van der Waals surface area contributed by atoms with Crippen molar-refractivity contribution in [1.82, 2.24) is 20.1 Å². The number of aromatic nitrogens is 1. The SMILES string of the molecule is CCCNC(C)c1cnc(N2CCN(C3CCN(Cc4ccc(C)cc4)CC3)CC2)c(C)c1. The zero-order valence-corrected chi connectivity index (χ0v) is 21.2. The Morgan fingerprint density at radius 2 is 1.70 bits per heavy atom. The first kappa shape index (κ1) is 24.2. The van der Waals surface area contributed by atoms with Crippen LogP contribution in [0.3, 0.4) is 0 Å². The summed E-state index contributed by atoms with van der Waals surface area (Å²) in [4.78, 5) is 12.7. The lowest BCUT2D eigenvalue weighted by atomic mass is 10.0. The number of likely N-dealkylation sites (tertiary alicyclic amines) is 1. The standard InChI is InChI=1S/C28H43N5/c1-5-12-29-24(4)26-19-23(3)28(30-20-26)33-17-15-32(16-18-33)27-10-13-31(14-11-27)21-25-8-6-22(2)7-9-25/h6-9,19-20,24,27,29H,5,10-18,21H2,1-4H3. The molecular weight excluding hydrogens is 406 g/mol. The van der Waals surface area contributed by atoms with Crippen LogP contribution in [-0.4, -0.2) is 66.6 Å². The van der Waals surface area contributed by atoms with Crippen LogP contribution in [0.15, 0.2) is 36.5 Å². The number of benzene rings is 1. The molecule has 1 aromatic heterocycles. The third kappa shape index (κ3) is 6.34. The zero-order chi connectivity index (χ0) is 23.2. The lowest BCUT2D eigenvalue weighted by Gasteiger charge is -2.43. The zero-order valence-electron chi connectivity index (χ0n) is 21.2. The highest BCUT2D eigenvalue weighted by molar-refractivity contribution is 5.48. The van der Waals surface area contributed by atoms with E-state index in [0.717, 1.165) is 51.7 Å². The first-order valence-corrected chi connectivity index (χ1v) is 13.0. The number of piperidine rings is 1. The van der Waals surface area contributed by atoms with Gasteiger partial charge in [-0.15, -0.1) is 0 Å². The maximum atomic E-state index is 4.88. The van der Waals surface area contributed by atoms with Gasteiger partial charge in [0.2, 0.25) is 0 Å². The van der Waals surface area contributed by atoms with E-state index in [1.165, 1.54) is 54.0 Å². The van der Waals surface area contributed by atoms with Gasteiger partial charge >= 0.3 is 0 Å². The number of pyridine rings is 1. The summed E-state index contributed by atoms with van der Waals surface area (Å²) in [5, 5.41) is 3.57. The monoisotopic (exact) mass is 449 g/mol. The molecule has 2 aromatic rings. The van der Waals surface area contributed by atoms with E-state index < -0.39 is 0 Å². The van der Waals surface area contributed by atoms with Crippen LogP contribution in [0, 0.1) is 13.8 Å². The molecule has 0 aliphatic carbocycles. The largest absolute Gasteiger partial charge is 0.354 e. The minimum absolute atomic E-state index is 0.360. The van der Waals surface area contributed by atoms with E-state index in [1.807, 2.05) is 0 Å². The van der Waals surface area contributed by atoms with Gasteiger partial charge in [-0.3, -0.25) is 9.80 Å². The average molecular weight is 450 g/mol. The number of rotatable bonds is 8. The van der Waals surface area contributed by atoms with Gasteiger partial charge in [0.05, 0.1) is 0 Å². The van der Waals surface area contributed by atoms with Crippen molar-refractivity contribution in [2.75, 3.05) is 50.7 Å². The van der Waals surface area contributed by atoms with E-state index in [2.05, 4.69) is 84.2 Å². The van der Waals surface area contributed by atoms with Gasteiger partial charge in [-0.25, -0.2) is 4.98 Å². The van der Waals surface area contributed by atoms with Crippen molar-refractivity contribution in [3.63, 3.8) is 0 Å². The number of hydrogen-bond donors (Lipinski definition) is 1. The molecule has 2 fully saturated rings. The molecule has 5 nitrogen and oxygen atoms in total. The minimum Gasteiger partial charge on any atom is -0.354 e. The van der Waals surface area contributed by atoms with E-state index in [0.29, 0.717) is 6.04 Å². The molecule has 2 aliphatic rings. The molecule has 180 valence electrons. The van der Waals surface area contributed by atoms with E-state index >= 15 is 0 Å². The number of nitrogens with one attached hydrogen (secondary N) is 1. The fourth-order valence-electron chi connectivity index (χ4n) is 5.33. The van der Waals surface area contributed by atoms with Crippen LogP contribution in [0.5, 0.6) is 0 Å². The highest BCUT2D eigenvalue weighted by atomic mass is 15.3. The summed E-state index contributed by atoms with van der Waals surface area (Å²) in [5.41, 5.74) is 5.38. The molecule has 0 radical (unpaired) electrons. The number of nitrogens with zero attached hydrogens (tertiary/aromatic N) is 4. The second kappa shape index (κ2) is 11.5. The second-order valence-corrected chi connectivity index (χ2v) is 10.1. The first-order valence-electron chi connectivity index (χ1n) is 13.0. The lowest BCUT2D eigenvalue weighted by molar-refractivity contribution is 0.0997. The molecule has 0 spiro atoms. The summed E-state index contributed by atoms with van der Waals surface area (Å²) in [5.74, 6) is 1.18. The Kier molecular flexibility index (Phi) is 8.39. The fraction of sp³-hybridized carbons (Fsp3) is 0.607. The van der Waals surface area contributed by atoms with Gasteiger partial charge in [-0.1, -0.05) is 36.8 Å². The molecule has 1 N–H and O–H groups in total. The normalized spacial score (nSPS) is 19.7. The predicted octanol–water partition coefficient (Wildman–Crippen LogP) is 4.55. The quantitative estimate of drug-likeness (QED) is 0.640. The van der Waals surface area contributed by atoms with Crippen LogP contribution in [0.4, 0.5) is 5.82 Å². The Morgan fingerprint density at radius 1 is 1.00 bits per heavy atom. The number of aryl methyl sites for hydroxylation is 2. The summed E-state index contributed by atoms with van der Waals surface area (Å²) in [6.45, 7) is 17.9. The van der Waals surface area contributed by atoms with Gasteiger partial charge in [-0.2, -0.15) is 0 Å². The fourth-order valence-corrected chi connectivity index (χ4v) is 5.33. The van der Waals surface area contributed by atoms with Gasteiger partial charge < -0.3 is 10.2 Å². The molecule has 33 heavy (non-hydrogen) atoms. The Bertz CT molecular complexity index is 864. The molecular formula is C28H43N5. The number of anilines is 1. The second-order valence-electron chi connectivity index (χ2n) is 10.1. The van der Waals surface area contributed by atoms with Crippen LogP contribution >= 0.6 is 0 Å². The topological polar surface area (TPSA) is 34.6 Å². The van der Waals surface area contributed by atoms with Crippen LogP contribution in [0.1, 0.15) is 61.4 Å². The Morgan fingerprint density at radius 3 is 2.33 bits per heavy atom. The molecule has 1 atom stereocenters. The van der Waals surface area contributed by atoms with Crippen molar-refractivity contribution in [1.29, 1.82) is 0 Å². The van der Waals surface area contributed by atoms with E-state index in [9.17, 15) is 0 Å². The van der Waals surface area contributed by atoms with Gasteiger partial charge in [-0.05, 0) is 82.4 Å². The highest BCUT2D eigenvalue weighted by Gasteiger charge is 2.28. The Labute approximate surface area is 201 Å². The van der Waals surface area contributed by atoms with Crippen molar-refractivity contribution in [3.05, 3.63) is 58.8 Å². The van der Waals surface area contributed by atoms with Gasteiger partial charge in [0.25, 0.3) is 0 Å². The molecule has 2 saturated heterocycles. The molecule has 1 aromatic carbocycles. The van der Waals surface area contributed by atoms with Crippen molar-refractivity contribution in [3.8, 4) is 0 Å². The maximum Gasteiger partial charge on any atom is 0.131 e. The minimum atomic E-state index is 0.360. The molecule has 4 rings (SSSR count). The van der Waals surface area contributed by atoms with Gasteiger partial charge in [0.15, 0.2) is 0 Å². The highest BCUT2D eigenvalue weighted by Crippen LogP contribution is 2.25. The van der Waals surface area contributed by atoms with Crippen molar-refractivity contribution >= 4 is 5.82 Å². The summed E-state index contributed by atoms with van der Waals surface area (Å²) < 4.78 is 0.